The topological polar surface area (TPSA) is 97.1 Å². The summed E-state index contributed by atoms with van der Waals surface area (Å²) in [5.74, 6) is -1.25. The Morgan fingerprint density at radius 3 is 2.57 bits per heavy atom. The lowest BCUT2D eigenvalue weighted by atomic mass is 10.1. The van der Waals surface area contributed by atoms with Crippen LogP contribution in [0.2, 0.25) is 0 Å². The Balaban J connectivity index is 1.95. The molecular weight excluding hydrogens is 272 g/mol. The Morgan fingerprint density at radius 1 is 1.29 bits per heavy atom. The fraction of sp³-hybridized carbons (Fsp3) is 0.286. The predicted molar refractivity (Wildman–Crippen MR) is 74.8 cm³/mol. The van der Waals surface area contributed by atoms with Crippen LogP contribution in [-0.2, 0) is 9.59 Å². The van der Waals surface area contributed by atoms with Crippen molar-refractivity contribution >= 4 is 11.9 Å². The second-order valence-corrected chi connectivity index (χ2v) is 4.61. The van der Waals surface area contributed by atoms with Crippen LogP contribution in [0.25, 0.3) is 5.69 Å². The third-order valence-corrected chi connectivity index (χ3v) is 3.02. The number of hydrogen-bond acceptors (Lipinski definition) is 4. The first-order chi connectivity index (χ1) is 10.1. The molecule has 21 heavy (non-hydrogen) atoms. The van der Waals surface area contributed by atoms with E-state index in [1.54, 1.807) is 11.0 Å². The molecule has 1 aromatic heterocycles. The molecule has 7 nitrogen and oxygen atoms in total. The first kappa shape index (κ1) is 14.7. The van der Waals surface area contributed by atoms with Gasteiger partial charge in [0.25, 0.3) is 0 Å². The Morgan fingerprint density at radius 2 is 2.00 bits per heavy atom. The highest BCUT2D eigenvalue weighted by atomic mass is 16.4. The summed E-state index contributed by atoms with van der Waals surface area (Å²) in [6.45, 7) is 1.85. The molecule has 1 amide bonds. The van der Waals surface area contributed by atoms with Gasteiger partial charge in [0.15, 0.2) is 0 Å². The highest BCUT2D eigenvalue weighted by molar-refractivity contribution is 5.80. The van der Waals surface area contributed by atoms with Crippen LogP contribution >= 0.6 is 0 Å². The molecule has 110 valence electrons. The van der Waals surface area contributed by atoms with Gasteiger partial charge in [0, 0.05) is 6.42 Å². The van der Waals surface area contributed by atoms with Gasteiger partial charge in [-0.3, -0.25) is 9.59 Å². The predicted octanol–water partition coefficient (Wildman–Crippen LogP) is 1.31. The maximum Gasteiger partial charge on any atom is 0.303 e. The van der Waals surface area contributed by atoms with Gasteiger partial charge in [-0.05, 0) is 24.6 Å². The molecule has 2 rings (SSSR count). The molecule has 0 spiro atoms. The number of hydrogen-bond donors (Lipinski definition) is 2. The fourth-order valence-corrected chi connectivity index (χ4v) is 1.87. The minimum absolute atomic E-state index is 0.0171. The van der Waals surface area contributed by atoms with E-state index in [4.69, 9.17) is 5.11 Å². The van der Waals surface area contributed by atoms with Gasteiger partial charge in [0.05, 0.1) is 18.2 Å². The number of benzene rings is 1. The average molecular weight is 288 g/mol. The molecule has 0 saturated carbocycles. The van der Waals surface area contributed by atoms with Crippen LogP contribution in [0.4, 0.5) is 0 Å². The maximum absolute atomic E-state index is 11.6. The maximum atomic E-state index is 11.6. The highest BCUT2D eigenvalue weighted by Crippen LogP contribution is 2.15. The first-order valence-corrected chi connectivity index (χ1v) is 6.52. The van der Waals surface area contributed by atoms with Gasteiger partial charge < -0.3 is 10.4 Å². The zero-order valence-electron chi connectivity index (χ0n) is 11.6. The molecule has 0 fully saturated rings. The summed E-state index contributed by atoms with van der Waals surface area (Å²) in [7, 11) is 0. The van der Waals surface area contributed by atoms with Crippen molar-refractivity contribution < 1.29 is 14.7 Å². The minimum atomic E-state index is -0.977. The summed E-state index contributed by atoms with van der Waals surface area (Å²) >= 11 is 0. The number of aromatic nitrogens is 3. The molecule has 7 heteroatoms. The first-order valence-electron chi connectivity index (χ1n) is 6.52. The SMILES string of the molecule is CC(NC(=O)CCC(=O)O)c1ccc(-n2cncn2)cc1. The van der Waals surface area contributed by atoms with Gasteiger partial charge in [-0.1, -0.05) is 12.1 Å². The van der Waals surface area contributed by atoms with E-state index in [1.807, 2.05) is 31.2 Å². The molecular formula is C14H16N4O3. The fourth-order valence-electron chi connectivity index (χ4n) is 1.87. The van der Waals surface area contributed by atoms with Gasteiger partial charge in [-0.2, -0.15) is 5.10 Å². The van der Waals surface area contributed by atoms with E-state index in [9.17, 15) is 9.59 Å². The van der Waals surface area contributed by atoms with E-state index in [1.165, 1.54) is 6.33 Å². The van der Waals surface area contributed by atoms with Crippen LogP contribution in [0.3, 0.4) is 0 Å². The molecule has 1 aromatic carbocycles. The number of carbonyl (C=O) groups is 2. The van der Waals surface area contributed by atoms with Gasteiger partial charge in [0.1, 0.15) is 12.7 Å². The van der Waals surface area contributed by atoms with Crippen molar-refractivity contribution in [3.05, 3.63) is 42.5 Å². The van der Waals surface area contributed by atoms with Crippen LogP contribution in [0.5, 0.6) is 0 Å². The molecule has 0 aliphatic heterocycles. The minimum Gasteiger partial charge on any atom is -0.481 e. The zero-order valence-corrected chi connectivity index (χ0v) is 11.6. The number of nitrogens with one attached hydrogen (secondary N) is 1. The largest absolute Gasteiger partial charge is 0.481 e. The van der Waals surface area contributed by atoms with Crippen LogP contribution in [0.1, 0.15) is 31.4 Å². The van der Waals surface area contributed by atoms with Gasteiger partial charge >= 0.3 is 5.97 Å². The van der Waals surface area contributed by atoms with Crippen molar-refractivity contribution in [1.82, 2.24) is 20.1 Å². The second-order valence-electron chi connectivity index (χ2n) is 4.61. The van der Waals surface area contributed by atoms with Crippen LogP contribution in [0.15, 0.2) is 36.9 Å². The molecule has 2 aromatic rings. The highest BCUT2D eigenvalue weighted by Gasteiger charge is 2.11. The number of carboxylic acids is 1. The lowest BCUT2D eigenvalue weighted by Gasteiger charge is -2.14. The Kier molecular flexibility index (Phi) is 4.65. The molecule has 2 N–H and O–H groups in total. The third-order valence-electron chi connectivity index (χ3n) is 3.02. The summed E-state index contributed by atoms with van der Waals surface area (Å²) in [5.41, 5.74) is 1.81. The molecule has 0 radical (unpaired) electrons. The van der Waals surface area contributed by atoms with Crippen LogP contribution in [-0.4, -0.2) is 31.7 Å². The van der Waals surface area contributed by atoms with Crippen molar-refractivity contribution in [2.45, 2.75) is 25.8 Å². The standard InChI is InChI=1S/C14H16N4O3/c1-10(17-13(19)6-7-14(20)21)11-2-4-12(5-3-11)18-9-15-8-16-18/h2-5,8-10H,6-7H2,1H3,(H,17,19)(H,20,21). The molecule has 0 aliphatic rings. The van der Waals surface area contributed by atoms with Gasteiger partial charge in [-0.25, -0.2) is 9.67 Å². The van der Waals surface area contributed by atoms with Crippen LogP contribution in [0, 0.1) is 0 Å². The van der Waals surface area contributed by atoms with E-state index in [2.05, 4.69) is 15.4 Å². The third kappa shape index (κ3) is 4.13. The summed E-state index contributed by atoms with van der Waals surface area (Å²) in [6.07, 6.45) is 2.88. The van der Waals surface area contributed by atoms with Crippen molar-refractivity contribution in [2.75, 3.05) is 0 Å². The Bertz CT molecular complexity index is 608. The average Bonchev–Trinajstić information content (AvgIpc) is 2.99. The van der Waals surface area contributed by atoms with Crippen molar-refractivity contribution in [1.29, 1.82) is 0 Å². The van der Waals surface area contributed by atoms with Crippen molar-refractivity contribution in [2.24, 2.45) is 0 Å². The lowest BCUT2D eigenvalue weighted by Crippen LogP contribution is -2.26. The molecule has 1 atom stereocenters. The van der Waals surface area contributed by atoms with E-state index >= 15 is 0 Å². The number of carbonyl (C=O) groups excluding carboxylic acids is 1. The zero-order chi connectivity index (χ0) is 15.2. The summed E-state index contributed by atoms with van der Waals surface area (Å²) in [5, 5.41) is 15.3. The Labute approximate surface area is 121 Å². The quantitative estimate of drug-likeness (QED) is 0.835. The smallest absolute Gasteiger partial charge is 0.303 e. The van der Waals surface area contributed by atoms with Crippen molar-refractivity contribution in [3.63, 3.8) is 0 Å². The van der Waals surface area contributed by atoms with E-state index in [0.717, 1.165) is 11.3 Å². The van der Waals surface area contributed by atoms with E-state index in [-0.39, 0.29) is 24.8 Å². The molecule has 0 aliphatic carbocycles. The van der Waals surface area contributed by atoms with Gasteiger partial charge in [0.2, 0.25) is 5.91 Å². The summed E-state index contributed by atoms with van der Waals surface area (Å²) < 4.78 is 1.64. The summed E-state index contributed by atoms with van der Waals surface area (Å²) in [6, 6.07) is 7.35. The number of nitrogens with zero attached hydrogens (tertiary/aromatic N) is 3. The number of rotatable bonds is 6. The van der Waals surface area contributed by atoms with E-state index in [0.29, 0.717) is 0 Å². The molecule has 1 unspecified atom stereocenters. The number of carboxylic acid groups (broad SMARTS) is 1. The number of amides is 1. The molecule has 0 bridgehead atoms. The Hall–Kier alpha value is -2.70. The monoisotopic (exact) mass is 288 g/mol. The normalized spacial score (nSPS) is 11.9. The van der Waals surface area contributed by atoms with Crippen molar-refractivity contribution in [3.8, 4) is 5.69 Å². The molecule has 0 saturated heterocycles. The van der Waals surface area contributed by atoms with Gasteiger partial charge in [-0.15, -0.1) is 0 Å². The lowest BCUT2D eigenvalue weighted by molar-refractivity contribution is -0.138. The second kappa shape index (κ2) is 6.65. The van der Waals surface area contributed by atoms with E-state index < -0.39 is 5.97 Å². The molecule has 1 heterocycles. The van der Waals surface area contributed by atoms with Crippen LogP contribution < -0.4 is 5.32 Å². The summed E-state index contributed by atoms with van der Waals surface area (Å²) in [4.78, 5) is 25.9. The number of aliphatic carboxylic acids is 1.